The number of nitrogens with zero attached hydrogens (tertiary/aromatic N) is 1. The number of amides is 1. The van der Waals surface area contributed by atoms with Gasteiger partial charge in [-0.1, -0.05) is 48.5 Å². The zero-order chi connectivity index (χ0) is 21.6. The number of hydrogen-bond donors (Lipinski definition) is 2. The molecule has 1 aromatic heterocycles. The normalized spacial score (nSPS) is 10.7. The van der Waals surface area contributed by atoms with Crippen LogP contribution < -0.4 is 5.32 Å². The highest BCUT2D eigenvalue weighted by atomic mass is 16.5. The first-order valence-electron chi connectivity index (χ1n) is 10.2. The minimum Gasteiger partial charge on any atom is -0.465 e. The lowest BCUT2D eigenvalue weighted by Gasteiger charge is -2.09. The van der Waals surface area contributed by atoms with E-state index >= 15 is 0 Å². The van der Waals surface area contributed by atoms with Crippen molar-refractivity contribution in [3.8, 4) is 0 Å². The number of aromatic nitrogens is 2. The number of carbonyl (C=O) groups excluding carboxylic acids is 2. The molecule has 0 fully saturated rings. The number of aromatic amines is 1. The van der Waals surface area contributed by atoms with Crippen molar-refractivity contribution in [2.24, 2.45) is 0 Å². The highest BCUT2D eigenvalue weighted by Gasteiger charge is 2.18. The topological polar surface area (TPSA) is 84.1 Å². The molecule has 0 radical (unpaired) electrons. The van der Waals surface area contributed by atoms with Crippen LogP contribution >= 0.6 is 0 Å². The van der Waals surface area contributed by atoms with Crippen LogP contribution in [0.4, 0.5) is 5.95 Å². The molecule has 31 heavy (non-hydrogen) atoms. The quantitative estimate of drug-likeness (QED) is 0.427. The molecule has 6 heteroatoms. The molecule has 0 bridgehead atoms. The average molecular weight is 413 g/mol. The number of methoxy groups -OCH3 is 1. The molecule has 1 amide bonds. The van der Waals surface area contributed by atoms with Gasteiger partial charge in [-0.15, -0.1) is 0 Å². The zero-order valence-corrected chi connectivity index (χ0v) is 17.2. The monoisotopic (exact) mass is 413 g/mol. The number of carbonyl (C=O) groups is 2. The Morgan fingerprint density at radius 1 is 0.935 bits per heavy atom. The van der Waals surface area contributed by atoms with Crippen LogP contribution in [0.25, 0.3) is 11.0 Å². The Hall–Kier alpha value is -3.93. The Balaban J connectivity index is 1.61. The fraction of sp³-hybridized carbons (Fsp3) is 0.160. The molecule has 0 aliphatic heterocycles. The first-order valence-corrected chi connectivity index (χ1v) is 10.2. The molecule has 0 saturated carbocycles. The molecule has 3 aromatic carbocycles. The van der Waals surface area contributed by atoms with Crippen molar-refractivity contribution in [3.63, 3.8) is 0 Å². The number of imidazole rings is 1. The number of H-pyrrole nitrogens is 1. The summed E-state index contributed by atoms with van der Waals surface area (Å²) in [4.78, 5) is 32.6. The van der Waals surface area contributed by atoms with Gasteiger partial charge in [0.05, 0.1) is 23.7 Å². The van der Waals surface area contributed by atoms with E-state index in [1.165, 1.54) is 12.7 Å². The van der Waals surface area contributed by atoms with Gasteiger partial charge in [-0.3, -0.25) is 10.1 Å². The second-order valence-corrected chi connectivity index (χ2v) is 7.22. The van der Waals surface area contributed by atoms with E-state index in [0.29, 0.717) is 29.0 Å². The fourth-order valence-corrected chi connectivity index (χ4v) is 3.63. The van der Waals surface area contributed by atoms with E-state index in [2.05, 4.69) is 27.4 Å². The minimum absolute atomic E-state index is 0.251. The Morgan fingerprint density at radius 3 is 2.35 bits per heavy atom. The van der Waals surface area contributed by atoms with Crippen LogP contribution in [0.1, 0.15) is 38.3 Å². The van der Waals surface area contributed by atoms with Crippen molar-refractivity contribution in [3.05, 3.63) is 95.1 Å². The van der Waals surface area contributed by atoms with Crippen LogP contribution in [0, 0.1) is 0 Å². The number of ether oxygens (including phenoxy) is 1. The first kappa shape index (κ1) is 20.3. The fourth-order valence-electron chi connectivity index (χ4n) is 3.63. The predicted molar refractivity (Wildman–Crippen MR) is 120 cm³/mol. The van der Waals surface area contributed by atoms with Crippen LogP contribution in [0.2, 0.25) is 0 Å². The third-order valence-corrected chi connectivity index (χ3v) is 5.17. The van der Waals surface area contributed by atoms with Crippen molar-refractivity contribution < 1.29 is 14.3 Å². The standard InChI is InChI=1S/C25H23N3O3/c1-31-24(30)20-15-16-21-22(19(20)14-8-11-17-9-4-2-5-10-17)27-25(26-21)28-23(29)18-12-6-3-7-13-18/h2-7,9-10,12-13,15-16H,8,11,14H2,1H3,(H2,26,27,28,29). The van der Waals surface area contributed by atoms with E-state index in [1.54, 1.807) is 36.4 Å². The van der Waals surface area contributed by atoms with Crippen LogP contribution in [-0.4, -0.2) is 29.0 Å². The lowest BCUT2D eigenvalue weighted by Crippen LogP contribution is -2.12. The zero-order valence-electron chi connectivity index (χ0n) is 17.2. The van der Waals surface area contributed by atoms with Gasteiger partial charge in [-0.2, -0.15) is 0 Å². The van der Waals surface area contributed by atoms with Crippen molar-refractivity contribution >= 4 is 28.9 Å². The van der Waals surface area contributed by atoms with Gasteiger partial charge >= 0.3 is 5.97 Å². The second-order valence-electron chi connectivity index (χ2n) is 7.22. The van der Waals surface area contributed by atoms with Gasteiger partial charge in [0.2, 0.25) is 5.95 Å². The number of esters is 1. The molecular weight excluding hydrogens is 390 g/mol. The van der Waals surface area contributed by atoms with Gasteiger partial charge in [0.1, 0.15) is 0 Å². The summed E-state index contributed by atoms with van der Waals surface area (Å²) in [5.74, 6) is -0.303. The van der Waals surface area contributed by atoms with Gasteiger partial charge in [0.15, 0.2) is 0 Å². The van der Waals surface area contributed by atoms with E-state index < -0.39 is 5.97 Å². The van der Waals surface area contributed by atoms with Crippen molar-refractivity contribution in [2.75, 3.05) is 12.4 Å². The third kappa shape index (κ3) is 4.64. The number of anilines is 1. The molecule has 0 spiro atoms. The maximum atomic E-state index is 12.5. The molecule has 156 valence electrons. The molecule has 0 atom stereocenters. The van der Waals surface area contributed by atoms with Gasteiger partial charge in [-0.25, -0.2) is 9.78 Å². The SMILES string of the molecule is COC(=O)c1ccc2[nH]c(NC(=O)c3ccccc3)nc2c1CCCc1ccccc1. The summed E-state index contributed by atoms with van der Waals surface area (Å²) >= 11 is 0. The summed E-state index contributed by atoms with van der Waals surface area (Å²) in [5, 5.41) is 2.80. The smallest absolute Gasteiger partial charge is 0.338 e. The summed E-state index contributed by atoms with van der Waals surface area (Å²) < 4.78 is 4.97. The number of hydrogen-bond acceptors (Lipinski definition) is 4. The lowest BCUT2D eigenvalue weighted by molar-refractivity contribution is 0.0599. The third-order valence-electron chi connectivity index (χ3n) is 5.17. The number of benzene rings is 3. The number of nitrogens with one attached hydrogen (secondary N) is 2. The predicted octanol–water partition coefficient (Wildman–Crippen LogP) is 4.78. The molecule has 0 aliphatic carbocycles. The Morgan fingerprint density at radius 2 is 1.65 bits per heavy atom. The Bertz CT molecular complexity index is 1200. The van der Waals surface area contributed by atoms with Crippen LogP contribution in [0.15, 0.2) is 72.8 Å². The summed E-state index contributed by atoms with van der Waals surface area (Å²) in [6.07, 6.45) is 2.40. The van der Waals surface area contributed by atoms with Crippen LogP contribution in [0.3, 0.4) is 0 Å². The lowest BCUT2D eigenvalue weighted by atomic mass is 9.98. The summed E-state index contributed by atoms with van der Waals surface area (Å²) in [7, 11) is 1.37. The largest absolute Gasteiger partial charge is 0.465 e. The van der Waals surface area contributed by atoms with Crippen molar-refractivity contribution in [2.45, 2.75) is 19.3 Å². The van der Waals surface area contributed by atoms with Gasteiger partial charge < -0.3 is 9.72 Å². The Labute approximate surface area is 180 Å². The summed E-state index contributed by atoms with van der Waals surface area (Å²) in [6, 6.07) is 22.7. The second kappa shape index (κ2) is 9.26. The van der Waals surface area contributed by atoms with E-state index in [0.717, 1.165) is 23.9 Å². The summed E-state index contributed by atoms with van der Waals surface area (Å²) in [5.41, 5.74) is 4.52. The molecule has 1 heterocycles. The van der Waals surface area contributed by atoms with Gasteiger partial charge in [0, 0.05) is 5.56 Å². The van der Waals surface area contributed by atoms with Gasteiger partial charge in [0.25, 0.3) is 5.91 Å². The average Bonchev–Trinajstić information content (AvgIpc) is 3.22. The van der Waals surface area contributed by atoms with Crippen LogP contribution in [-0.2, 0) is 17.6 Å². The maximum absolute atomic E-state index is 12.5. The highest BCUT2D eigenvalue weighted by Crippen LogP contribution is 2.25. The van der Waals surface area contributed by atoms with E-state index in [-0.39, 0.29) is 5.91 Å². The number of aryl methyl sites for hydroxylation is 2. The molecule has 2 N–H and O–H groups in total. The molecular formula is C25H23N3O3. The molecule has 0 saturated heterocycles. The van der Waals surface area contributed by atoms with E-state index in [1.807, 2.05) is 24.3 Å². The van der Waals surface area contributed by atoms with Crippen molar-refractivity contribution in [1.82, 2.24) is 9.97 Å². The summed E-state index contributed by atoms with van der Waals surface area (Å²) in [6.45, 7) is 0. The number of fused-ring (bicyclic) bond motifs is 1. The molecule has 6 nitrogen and oxygen atoms in total. The maximum Gasteiger partial charge on any atom is 0.338 e. The van der Waals surface area contributed by atoms with E-state index in [4.69, 9.17) is 4.74 Å². The molecule has 0 unspecified atom stereocenters. The molecule has 4 aromatic rings. The van der Waals surface area contributed by atoms with Gasteiger partial charge in [-0.05, 0) is 54.7 Å². The van der Waals surface area contributed by atoms with E-state index in [9.17, 15) is 9.59 Å². The molecule has 4 rings (SSSR count). The number of rotatable bonds is 7. The first-order chi connectivity index (χ1) is 15.2. The van der Waals surface area contributed by atoms with Crippen LogP contribution in [0.5, 0.6) is 0 Å². The highest BCUT2D eigenvalue weighted by molar-refractivity contribution is 6.04. The molecule has 0 aliphatic rings. The van der Waals surface area contributed by atoms with Crippen molar-refractivity contribution in [1.29, 1.82) is 0 Å². The minimum atomic E-state index is -0.394. The Kier molecular flexibility index (Phi) is 6.08.